The highest BCUT2D eigenvalue weighted by Gasteiger charge is 2.37. The molecule has 0 rings (SSSR count). The van der Waals surface area contributed by atoms with Crippen molar-refractivity contribution < 1.29 is 13.3 Å². The summed E-state index contributed by atoms with van der Waals surface area (Å²) in [7, 11) is 1.09. The molecule has 0 aliphatic carbocycles. The average molecular weight is 407 g/mol. The van der Waals surface area contributed by atoms with Crippen molar-refractivity contribution in [2.45, 2.75) is 109 Å². The van der Waals surface area contributed by atoms with E-state index in [1.54, 1.807) is 14.2 Å². The van der Waals surface area contributed by atoms with Gasteiger partial charge >= 0.3 is 8.80 Å². The molecular formula is C21H46O3SSi. The lowest BCUT2D eigenvalue weighted by molar-refractivity contribution is 0.0955. The number of thiol groups is 1. The molecule has 3 nitrogen and oxygen atoms in total. The highest BCUT2D eigenvalue weighted by Crippen LogP contribution is 2.20. The minimum atomic E-state index is -2.41. The van der Waals surface area contributed by atoms with Crippen LogP contribution < -0.4 is 0 Å². The van der Waals surface area contributed by atoms with Crippen molar-refractivity contribution in [3.63, 3.8) is 0 Å². The summed E-state index contributed by atoms with van der Waals surface area (Å²) in [5.74, 6) is 1.03. The largest absolute Gasteiger partial charge is 0.500 e. The van der Waals surface area contributed by atoms with Crippen LogP contribution in [-0.4, -0.2) is 35.4 Å². The van der Waals surface area contributed by atoms with E-state index in [1.165, 1.54) is 83.5 Å². The molecule has 0 fully saturated rings. The van der Waals surface area contributed by atoms with Crippen molar-refractivity contribution in [2.75, 3.05) is 26.6 Å². The molecule has 0 aromatic heterocycles. The van der Waals surface area contributed by atoms with E-state index in [-0.39, 0.29) is 0 Å². The molecule has 0 unspecified atom stereocenters. The second kappa shape index (κ2) is 20.2. The van der Waals surface area contributed by atoms with E-state index in [1.807, 2.05) is 0 Å². The standard InChI is InChI=1S/C21H46O3SSi/c1-4-5-6-7-15-18-21-26(22-2,23-3)24-19-16-13-11-9-8-10-12-14-17-20-25/h25H,4-21H2,1-3H3. The third kappa shape index (κ3) is 15.5. The highest BCUT2D eigenvalue weighted by molar-refractivity contribution is 7.80. The zero-order valence-electron chi connectivity index (χ0n) is 17.9. The second-order valence-electron chi connectivity index (χ2n) is 7.36. The molecule has 0 aromatic rings. The first-order valence-corrected chi connectivity index (χ1v) is 13.7. The molecule has 0 saturated carbocycles. The molecule has 0 saturated heterocycles. The van der Waals surface area contributed by atoms with Gasteiger partial charge in [0.15, 0.2) is 0 Å². The van der Waals surface area contributed by atoms with E-state index < -0.39 is 8.80 Å². The third-order valence-electron chi connectivity index (χ3n) is 5.08. The van der Waals surface area contributed by atoms with Gasteiger partial charge in [-0.25, -0.2) is 0 Å². The molecule has 5 heteroatoms. The summed E-state index contributed by atoms with van der Waals surface area (Å²) in [4.78, 5) is 0. The zero-order valence-corrected chi connectivity index (χ0v) is 19.8. The summed E-state index contributed by atoms with van der Waals surface area (Å²) in [5.41, 5.74) is 0. The van der Waals surface area contributed by atoms with Crippen molar-refractivity contribution in [2.24, 2.45) is 0 Å². The Labute approximate surface area is 170 Å². The SMILES string of the molecule is CCCCCCCC[Si](OC)(OC)OCCCCCCCCCCCS. The predicted octanol–water partition coefficient (Wildman–Crippen LogP) is 7.04. The molecule has 26 heavy (non-hydrogen) atoms. The fourth-order valence-electron chi connectivity index (χ4n) is 3.28. The fraction of sp³-hybridized carbons (Fsp3) is 1.00. The molecule has 0 bridgehead atoms. The first-order valence-electron chi connectivity index (χ1n) is 11.1. The van der Waals surface area contributed by atoms with Crippen molar-refractivity contribution in [1.29, 1.82) is 0 Å². The van der Waals surface area contributed by atoms with Crippen LogP contribution in [0.3, 0.4) is 0 Å². The molecule has 0 radical (unpaired) electrons. The Hall–Kier alpha value is 0.447. The number of rotatable bonds is 21. The summed E-state index contributed by atoms with van der Waals surface area (Å²) in [6.45, 7) is 3.04. The summed E-state index contributed by atoms with van der Waals surface area (Å²) in [6, 6.07) is 0.957. The van der Waals surface area contributed by atoms with Gasteiger partial charge in [0.25, 0.3) is 0 Å². The van der Waals surface area contributed by atoms with Gasteiger partial charge in [0, 0.05) is 26.9 Å². The van der Waals surface area contributed by atoms with Crippen LogP contribution in [0.25, 0.3) is 0 Å². The topological polar surface area (TPSA) is 27.7 Å². The molecular weight excluding hydrogens is 360 g/mol. The maximum absolute atomic E-state index is 6.12. The fourth-order valence-corrected chi connectivity index (χ4v) is 5.60. The quantitative estimate of drug-likeness (QED) is 0.126. The normalized spacial score (nSPS) is 12.0. The van der Waals surface area contributed by atoms with E-state index in [9.17, 15) is 0 Å². The molecule has 0 atom stereocenters. The molecule has 0 N–H and O–H groups in total. The average Bonchev–Trinajstić information content (AvgIpc) is 2.67. The van der Waals surface area contributed by atoms with Crippen molar-refractivity contribution in [3.05, 3.63) is 0 Å². The molecule has 0 spiro atoms. The van der Waals surface area contributed by atoms with Crippen LogP contribution in [0.15, 0.2) is 0 Å². The monoisotopic (exact) mass is 406 g/mol. The number of hydrogen-bond acceptors (Lipinski definition) is 4. The zero-order chi connectivity index (χ0) is 19.3. The van der Waals surface area contributed by atoms with Crippen molar-refractivity contribution >= 4 is 21.4 Å². The van der Waals surface area contributed by atoms with Gasteiger partial charge in [0.1, 0.15) is 0 Å². The molecule has 0 aromatic carbocycles. The van der Waals surface area contributed by atoms with E-state index in [2.05, 4.69) is 19.6 Å². The Bertz CT molecular complexity index is 276. The molecule has 0 heterocycles. The first kappa shape index (κ1) is 26.4. The van der Waals surface area contributed by atoms with E-state index >= 15 is 0 Å². The lowest BCUT2D eigenvalue weighted by Crippen LogP contribution is -2.44. The summed E-state index contributed by atoms with van der Waals surface area (Å²) < 4.78 is 17.5. The van der Waals surface area contributed by atoms with E-state index in [4.69, 9.17) is 13.3 Å². The van der Waals surface area contributed by atoms with Gasteiger partial charge in [-0.1, -0.05) is 84.0 Å². The molecule has 0 amide bonds. The smallest absolute Gasteiger partial charge is 0.377 e. The Balaban J connectivity index is 3.63. The summed E-state index contributed by atoms with van der Waals surface area (Å²) >= 11 is 4.25. The lowest BCUT2D eigenvalue weighted by Gasteiger charge is -2.26. The van der Waals surface area contributed by atoms with Crippen LogP contribution >= 0.6 is 12.6 Å². The number of hydrogen-bond donors (Lipinski definition) is 1. The van der Waals surface area contributed by atoms with Crippen LogP contribution in [0.2, 0.25) is 6.04 Å². The van der Waals surface area contributed by atoms with Crippen LogP contribution in [0, 0.1) is 0 Å². The Morgan fingerprint density at radius 3 is 1.58 bits per heavy atom. The van der Waals surface area contributed by atoms with Gasteiger partial charge in [-0.2, -0.15) is 12.6 Å². The predicted molar refractivity (Wildman–Crippen MR) is 119 cm³/mol. The molecule has 0 aliphatic heterocycles. The van der Waals surface area contributed by atoms with Crippen molar-refractivity contribution in [1.82, 2.24) is 0 Å². The van der Waals surface area contributed by atoms with Crippen molar-refractivity contribution in [3.8, 4) is 0 Å². The van der Waals surface area contributed by atoms with Gasteiger partial charge in [-0.05, 0) is 25.0 Å². The van der Waals surface area contributed by atoms with Gasteiger partial charge in [0.05, 0.1) is 0 Å². The van der Waals surface area contributed by atoms with E-state index in [0.29, 0.717) is 0 Å². The Morgan fingerprint density at radius 1 is 0.615 bits per heavy atom. The van der Waals surface area contributed by atoms with Crippen LogP contribution in [0.5, 0.6) is 0 Å². The maximum atomic E-state index is 6.12. The minimum Gasteiger partial charge on any atom is -0.377 e. The van der Waals surface area contributed by atoms with Crippen LogP contribution in [-0.2, 0) is 13.3 Å². The Morgan fingerprint density at radius 2 is 1.08 bits per heavy atom. The highest BCUT2D eigenvalue weighted by atomic mass is 32.1. The van der Waals surface area contributed by atoms with Gasteiger partial charge in [0.2, 0.25) is 0 Å². The maximum Gasteiger partial charge on any atom is 0.500 e. The van der Waals surface area contributed by atoms with Gasteiger partial charge in [-0.15, -0.1) is 0 Å². The lowest BCUT2D eigenvalue weighted by atomic mass is 10.1. The van der Waals surface area contributed by atoms with Crippen LogP contribution in [0.1, 0.15) is 103 Å². The Kier molecular flexibility index (Phi) is 20.5. The van der Waals surface area contributed by atoms with Gasteiger partial charge in [-0.3, -0.25) is 0 Å². The van der Waals surface area contributed by atoms with Crippen LogP contribution in [0.4, 0.5) is 0 Å². The summed E-state index contributed by atoms with van der Waals surface area (Å²) in [6.07, 6.45) is 19.5. The first-order chi connectivity index (χ1) is 12.7. The summed E-state index contributed by atoms with van der Waals surface area (Å²) in [5, 5.41) is 0. The van der Waals surface area contributed by atoms with E-state index in [0.717, 1.165) is 31.2 Å². The molecule has 158 valence electrons. The second-order valence-corrected chi connectivity index (χ2v) is 10.8. The number of unbranched alkanes of at least 4 members (excludes halogenated alkanes) is 13. The minimum absolute atomic E-state index is 0.783. The third-order valence-corrected chi connectivity index (χ3v) is 8.25. The van der Waals surface area contributed by atoms with Gasteiger partial charge < -0.3 is 13.3 Å². The molecule has 0 aliphatic rings.